The van der Waals surface area contributed by atoms with Crippen LogP contribution in [-0.4, -0.2) is 58.6 Å². The summed E-state index contributed by atoms with van der Waals surface area (Å²) in [5.41, 5.74) is 25.2. The maximum absolute atomic E-state index is 7.84. The topological polar surface area (TPSA) is 183 Å². The molecule has 0 fully saturated rings. The van der Waals surface area contributed by atoms with Gasteiger partial charge in [0.15, 0.2) is 69.2 Å². The monoisotopic (exact) mass is 1880 g/mol. The van der Waals surface area contributed by atoms with E-state index in [2.05, 4.69) is 359 Å². The van der Waals surface area contributed by atoms with Crippen molar-refractivity contribution in [3.05, 3.63) is 437 Å². The Balaban J connectivity index is 0.592. The lowest BCUT2D eigenvalue weighted by atomic mass is 9.95. The first-order chi connectivity index (χ1) is 72.4. The number of para-hydroxylation sites is 11. The zero-order valence-electron chi connectivity index (χ0n) is 77.5. The van der Waals surface area contributed by atoms with Gasteiger partial charge in [-0.05, 0) is 125 Å². The standard InChI is InChI=1S/C129H72N12O4S/c1-3-30-74(31-4-1)121-130-124(136-126(132-121)95-50-24-44-88-89-45-27-59-105(116(89)143-114(88)95)139-99-53-15-7-36-81(99)82-37-8-16-54-100(82)139)78-35-23-34-77(72-78)80-68-69-97(118-112(80)93-48-28-60-106(117(93)145-118)140-101-55-17-9-38-83(101)84-39-10-18-56-102(84)140)128-134-123(135-129(138-128)98-52-25-46-90-87-42-14-22-63-110(87)146-120(90)98)76-66-64-73(65-67-76)79-70-71-107(141-103-57-19-11-40-85(103)86-41-12-20-58-104(86)141)119-113(79)92-47-26-51-96(115(92)144-119)127-133-122(75-32-5-2-6-33-75)131-125(137-127)94-49-29-62-109-111(94)91-43-13-21-61-108(91)142-109/h1-72H. The predicted molar refractivity (Wildman–Crippen MR) is 591 cm³/mol. The number of furan rings is 4. The van der Waals surface area contributed by atoms with E-state index in [1.54, 1.807) is 11.3 Å². The molecule has 0 unspecified atom stereocenters. The molecule has 16 nitrogen and oxygen atoms in total. The molecule has 31 aromatic rings. The van der Waals surface area contributed by atoms with Gasteiger partial charge in [0.25, 0.3) is 0 Å². The Kier molecular flexibility index (Phi) is 17.7. The van der Waals surface area contributed by atoms with Crippen molar-refractivity contribution in [1.82, 2.24) is 58.6 Å². The normalized spacial score (nSPS) is 12.1. The lowest BCUT2D eigenvalue weighted by Gasteiger charge is -2.13. The number of hydrogen-bond donors (Lipinski definition) is 0. The molecule has 11 heterocycles. The van der Waals surface area contributed by atoms with Crippen LogP contribution in [-0.2, 0) is 0 Å². The van der Waals surface area contributed by atoms with Crippen LogP contribution in [0.15, 0.2) is 454 Å². The molecule has 0 N–H and O–H groups in total. The maximum Gasteiger partial charge on any atom is 0.167 e. The molecule has 0 saturated heterocycles. The Bertz CT molecular complexity index is 10800. The van der Waals surface area contributed by atoms with E-state index < -0.39 is 0 Å². The van der Waals surface area contributed by atoms with Gasteiger partial charge in [0, 0.05) is 129 Å². The molecule has 0 bridgehead atoms. The van der Waals surface area contributed by atoms with E-state index in [4.69, 9.17) is 62.5 Å². The van der Waals surface area contributed by atoms with Crippen LogP contribution < -0.4 is 0 Å². The third-order valence-corrected chi connectivity index (χ3v) is 30.3. The first-order valence-electron chi connectivity index (χ1n) is 48.7. The number of nitrogens with zero attached hydrogens (tertiary/aromatic N) is 12. The number of aromatic nitrogens is 12. The molecule has 0 aliphatic carbocycles. The third kappa shape index (κ3) is 12.4. The summed E-state index contributed by atoms with van der Waals surface area (Å²) in [5.74, 6) is 4.29. The van der Waals surface area contributed by atoms with Crippen LogP contribution in [0.1, 0.15) is 0 Å². The molecular weight excluding hydrogens is 1810 g/mol. The number of rotatable bonds is 14. The summed E-state index contributed by atoms with van der Waals surface area (Å²) in [6.45, 7) is 0. The maximum atomic E-state index is 7.84. The van der Waals surface area contributed by atoms with Crippen LogP contribution in [0.25, 0.3) is 315 Å². The Morgan fingerprint density at radius 3 is 1.05 bits per heavy atom. The van der Waals surface area contributed by atoms with Crippen LogP contribution in [0, 0.1) is 0 Å². The first kappa shape index (κ1) is 81.1. The highest BCUT2D eigenvalue weighted by atomic mass is 32.1. The fourth-order valence-corrected chi connectivity index (χ4v) is 23.8. The highest BCUT2D eigenvalue weighted by molar-refractivity contribution is 7.26. The van der Waals surface area contributed by atoms with Gasteiger partial charge >= 0.3 is 0 Å². The van der Waals surface area contributed by atoms with E-state index in [1.165, 1.54) is 10.8 Å². The second kappa shape index (κ2) is 31.9. The van der Waals surface area contributed by atoms with Gasteiger partial charge in [0.2, 0.25) is 0 Å². The fourth-order valence-electron chi connectivity index (χ4n) is 22.6. The van der Waals surface area contributed by atoms with Crippen molar-refractivity contribution >= 4 is 185 Å². The van der Waals surface area contributed by atoms with Gasteiger partial charge in [-0.1, -0.05) is 334 Å². The van der Waals surface area contributed by atoms with E-state index >= 15 is 0 Å². The van der Waals surface area contributed by atoms with Crippen molar-refractivity contribution in [2.24, 2.45) is 0 Å². The third-order valence-electron chi connectivity index (χ3n) is 29.1. The van der Waals surface area contributed by atoms with E-state index in [-0.39, 0.29) is 0 Å². The van der Waals surface area contributed by atoms with Crippen LogP contribution in [0.2, 0.25) is 0 Å². The largest absolute Gasteiger partial charge is 0.456 e. The van der Waals surface area contributed by atoms with Gasteiger partial charge in [-0.3, -0.25) is 0 Å². The van der Waals surface area contributed by atoms with Crippen molar-refractivity contribution in [1.29, 1.82) is 0 Å². The smallest absolute Gasteiger partial charge is 0.167 e. The Labute approximate surface area is 833 Å². The molecule has 0 saturated carbocycles. The van der Waals surface area contributed by atoms with Gasteiger partial charge in [-0.2, -0.15) is 0 Å². The van der Waals surface area contributed by atoms with Crippen LogP contribution in [0.4, 0.5) is 0 Å². The molecule has 678 valence electrons. The molecule has 0 radical (unpaired) electrons. The fraction of sp³-hybridized carbons (Fsp3) is 0. The molecule has 0 spiro atoms. The molecular formula is C129H72N12O4S. The van der Waals surface area contributed by atoms with E-state index in [0.717, 1.165) is 213 Å². The van der Waals surface area contributed by atoms with E-state index in [1.807, 2.05) is 91.0 Å². The first-order valence-corrected chi connectivity index (χ1v) is 49.5. The van der Waals surface area contributed by atoms with Gasteiger partial charge in [-0.25, -0.2) is 44.9 Å². The number of benzene rings is 20. The van der Waals surface area contributed by atoms with E-state index in [0.29, 0.717) is 91.5 Å². The van der Waals surface area contributed by atoms with Crippen molar-refractivity contribution < 1.29 is 17.7 Å². The lowest BCUT2D eigenvalue weighted by Crippen LogP contribution is -2.01. The molecule has 0 aliphatic heterocycles. The Morgan fingerprint density at radius 1 is 0.164 bits per heavy atom. The average molecular weight is 1890 g/mol. The highest BCUT2D eigenvalue weighted by Gasteiger charge is 2.31. The molecule has 17 heteroatoms. The summed E-state index contributed by atoms with van der Waals surface area (Å²) in [6.07, 6.45) is 0. The van der Waals surface area contributed by atoms with Crippen LogP contribution >= 0.6 is 11.3 Å². The molecule has 31 rings (SSSR count). The van der Waals surface area contributed by atoms with Crippen molar-refractivity contribution in [3.8, 4) is 142 Å². The zero-order chi connectivity index (χ0) is 95.5. The predicted octanol–water partition coefficient (Wildman–Crippen LogP) is 33.8. The molecule has 20 aromatic carbocycles. The van der Waals surface area contributed by atoms with Crippen molar-refractivity contribution in [3.63, 3.8) is 0 Å². The Hall–Kier alpha value is -19.8. The van der Waals surface area contributed by atoms with Crippen molar-refractivity contribution in [2.75, 3.05) is 0 Å². The summed E-state index contributed by atoms with van der Waals surface area (Å²) >= 11 is 1.73. The summed E-state index contributed by atoms with van der Waals surface area (Å²) in [7, 11) is 0. The molecule has 0 amide bonds. The molecule has 11 aromatic heterocycles. The quantitative estimate of drug-likeness (QED) is 0.100. The zero-order valence-corrected chi connectivity index (χ0v) is 78.3. The van der Waals surface area contributed by atoms with Crippen molar-refractivity contribution in [2.45, 2.75) is 0 Å². The van der Waals surface area contributed by atoms with Gasteiger partial charge in [0.1, 0.15) is 27.9 Å². The summed E-state index contributed by atoms with van der Waals surface area (Å²) in [5, 5.41) is 16.4. The highest BCUT2D eigenvalue weighted by Crippen LogP contribution is 2.52. The minimum Gasteiger partial charge on any atom is -0.456 e. The lowest BCUT2D eigenvalue weighted by molar-refractivity contribution is 0.666. The molecule has 0 atom stereocenters. The van der Waals surface area contributed by atoms with Crippen LogP contribution in [0.5, 0.6) is 0 Å². The second-order valence-corrected chi connectivity index (χ2v) is 38.2. The minimum atomic E-state index is 0.416. The van der Waals surface area contributed by atoms with Gasteiger partial charge < -0.3 is 31.4 Å². The number of thiophene rings is 1. The Morgan fingerprint density at radius 2 is 0.486 bits per heavy atom. The molecule has 0 aliphatic rings. The van der Waals surface area contributed by atoms with E-state index in [9.17, 15) is 0 Å². The minimum absolute atomic E-state index is 0.416. The van der Waals surface area contributed by atoms with Gasteiger partial charge in [0.05, 0.1) is 66.9 Å². The van der Waals surface area contributed by atoms with Crippen LogP contribution in [0.3, 0.4) is 0 Å². The second-order valence-electron chi connectivity index (χ2n) is 37.2. The van der Waals surface area contributed by atoms with Gasteiger partial charge in [-0.15, -0.1) is 11.3 Å². The number of fused-ring (bicyclic) bond motifs is 24. The molecule has 146 heavy (non-hydrogen) atoms. The summed E-state index contributed by atoms with van der Waals surface area (Å²) in [6, 6.07) is 152. The average Bonchev–Trinajstić information content (AvgIpc) is 1.56. The number of hydrogen-bond acceptors (Lipinski definition) is 14. The summed E-state index contributed by atoms with van der Waals surface area (Å²) < 4.78 is 38.5. The SMILES string of the molecule is c1ccc(-c2nc(-c3cccc(-c4ccc(-c5nc(-c6ccc(-c7ccc(-n8c9ccccc9c9ccccc98)c8oc9c(-c%10nc(-c%11ccccc%11)nc(-c%11cccc%12oc%13ccccc%13c%11%12)n%10)cccc9c78)cc6)nc(-c6cccc7c6sc6ccccc67)n5)c5oc6c(-n7c8ccccc8c8ccccc87)cccc6c45)c3)nc(-c3cccc4c3oc3c(-n5c6ccccc6c6ccccc65)cccc34)n2)cc1. The summed E-state index contributed by atoms with van der Waals surface area (Å²) in [4.78, 5) is 49.5.